The molecule has 1 aromatic carbocycles. The van der Waals surface area contributed by atoms with Gasteiger partial charge in [-0.25, -0.2) is 4.99 Å². The van der Waals surface area contributed by atoms with Gasteiger partial charge in [0.05, 0.1) is 23.4 Å². The predicted molar refractivity (Wildman–Crippen MR) is 94.2 cm³/mol. The van der Waals surface area contributed by atoms with Crippen molar-refractivity contribution in [2.24, 2.45) is 4.99 Å². The minimum Gasteiger partial charge on any atom is -0.497 e. The van der Waals surface area contributed by atoms with Crippen LogP contribution in [0.2, 0.25) is 0 Å². The fourth-order valence-corrected chi connectivity index (χ4v) is 4.15. The van der Waals surface area contributed by atoms with Crippen LogP contribution in [0.1, 0.15) is 19.9 Å². The van der Waals surface area contributed by atoms with Gasteiger partial charge in [0.1, 0.15) is 5.75 Å². The van der Waals surface area contributed by atoms with Gasteiger partial charge >= 0.3 is 0 Å². The van der Waals surface area contributed by atoms with E-state index >= 15 is 0 Å². The molecule has 0 saturated heterocycles. The van der Waals surface area contributed by atoms with Crippen LogP contribution in [0.25, 0.3) is 10.6 Å². The number of aromatic nitrogens is 1. The summed E-state index contributed by atoms with van der Waals surface area (Å²) in [5.74, 6) is 0.826. The van der Waals surface area contributed by atoms with E-state index < -0.39 is 0 Å². The lowest BCUT2D eigenvalue weighted by molar-refractivity contribution is 0.415. The molecule has 3 nitrogen and oxygen atoms in total. The van der Waals surface area contributed by atoms with Gasteiger partial charge in [-0.15, -0.1) is 22.7 Å². The maximum Gasteiger partial charge on any atom is 0.190 e. The van der Waals surface area contributed by atoms with Crippen LogP contribution in [0.3, 0.4) is 0 Å². The topological polar surface area (TPSA) is 26.5 Å². The largest absolute Gasteiger partial charge is 0.497 e. The van der Waals surface area contributed by atoms with Crippen molar-refractivity contribution in [2.75, 3.05) is 7.11 Å². The van der Waals surface area contributed by atoms with Gasteiger partial charge in [0.2, 0.25) is 0 Å². The highest BCUT2D eigenvalue weighted by atomic mass is 32.1. The monoisotopic (exact) mass is 330 g/mol. The first kappa shape index (κ1) is 15.1. The van der Waals surface area contributed by atoms with Gasteiger partial charge in [-0.1, -0.05) is 12.1 Å². The number of nitrogens with zero attached hydrogens (tertiary/aromatic N) is 2. The number of rotatable bonds is 4. The Bertz CT molecular complexity index is 813. The molecule has 0 saturated carbocycles. The first-order valence-corrected chi connectivity index (χ1v) is 8.87. The molecule has 0 radical (unpaired) electrons. The summed E-state index contributed by atoms with van der Waals surface area (Å²) in [6.45, 7) is 4.38. The molecule has 3 rings (SSSR count). The Labute approximate surface area is 138 Å². The zero-order valence-electron chi connectivity index (χ0n) is 12.8. The quantitative estimate of drug-likeness (QED) is 0.653. The van der Waals surface area contributed by atoms with Crippen LogP contribution in [-0.4, -0.2) is 11.7 Å². The zero-order chi connectivity index (χ0) is 15.5. The van der Waals surface area contributed by atoms with Crippen molar-refractivity contribution in [3.63, 3.8) is 0 Å². The third kappa shape index (κ3) is 3.00. The van der Waals surface area contributed by atoms with Gasteiger partial charge in [0, 0.05) is 17.5 Å². The molecule has 2 aromatic heterocycles. The number of hydrogen-bond acceptors (Lipinski definition) is 4. The molecule has 3 aromatic rings. The van der Waals surface area contributed by atoms with E-state index in [1.165, 1.54) is 10.6 Å². The van der Waals surface area contributed by atoms with E-state index in [2.05, 4.69) is 41.3 Å². The molecular formula is C17H18N2OS2. The summed E-state index contributed by atoms with van der Waals surface area (Å²) in [5, 5.41) is 4.29. The Balaban J connectivity index is 2.12. The normalized spacial score (nSPS) is 12.1. The summed E-state index contributed by atoms with van der Waals surface area (Å²) in [6.07, 6.45) is 0. The number of ether oxygens (including phenoxy) is 1. The minimum absolute atomic E-state index is 0.354. The Morgan fingerprint density at radius 1 is 1.14 bits per heavy atom. The number of thiophene rings is 1. The Hall–Kier alpha value is -1.85. The van der Waals surface area contributed by atoms with E-state index in [9.17, 15) is 0 Å². The first-order chi connectivity index (χ1) is 10.7. The van der Waals surface area contributed by atoms with Crippen molar-refractivity contribution in [1.82, 2.24) is 4.57 Å². The van der Waals surface area contributed by atoms with Crippen molar-refractivity contribution < 1.29 is 4.74 Å². The Morgan fingerprint density at radius 2 is 2.00 bits per heavy atom. The molecule has 2 heterocycles. The van der Waals surface area contributed by atoms with Crippen LogP contribution in [0.15, 0.2) is 52.2 Å². The SMILES string of the molecule is COc1cccc(N=c2scc(-c3cccs3)n2C(C)C)c1. The van der Waals surface area contributed by atoms with Gasteiger partial charge in [-0.05, 0) is 37.4 Å². The molecule has 0 bridgehead atoms. The maximum absolute atomic E-state index is 5.27. The zero-order valence-corrected chi connectivity index (χ0v) is 14.4. The number of hydrogen-bond donors (Lipinski definition) is 0. The van der Waals surface area contributed by atoms with Crippen molar-refractivity contribution in [1.29, 1.82) is 0 Å². The molecule has 0 aliphatic carbocycles. The summed E-state index contributed by atoms with van der Waals surface area (Å²) < 4.78 is 7.56. The number of methoxy groups -OCH3 is 1. The van der Waals surface area contributed by atoms with Crippen LogP contribution in [0, 0.1) is 0 Å². The average molecular weight is 330 g/mol. The van der Waals surface area contributed by atoms with Crippen LogP contribution in [0.4, 0.5) is 5.69 Å². The lowest BCUT2D eigenvalue weighted by Gasteiger charge is -2.11. The summed E-state index contributed by atoms with van der Waals surface area (Å²) in [7, 11) is 1.67. The van der Waals surface area contributed by atoms with Crippen LogP contribution in [0.5, 0.6) is 5.75 Å². The average Bonchev–Trinajstić information content (AvgIpc) is 3.16. The standard InChI is InChI=1S/C17H18N2OS2/c1-12(2)19-15(16-8-5-9-21-16)11-22-17(19)18-13-6-4-7-14(10-13)20-3/h4-12H,1-3H3. The second-order valence-corrected chi connectivity index (χ2v) is 6.94. The van der Waals surface area contributed by atoms with Crippen LogP contribution >= 0.6 is 22.7 Å². The van der Waals surface area contributed by atoms with Crippen molar-refractivity contribution >= 4 is 28.4 Å². The minimum atomic E-state index is 0.354. The molecule has 0 fully saturated rings. The molecular weight excluding hydrogens is 312 g/mol. The van der Waals surface area contributed by atoms with Crippen molar-refractivity contribution in [2.45, 2.75) is 19.9 Å². The molecule has 0 aliphatic heterocycles. The van der Waals surface area contributed by atoms with E-state index in [-0.39, 0.29) is 0 Å². The second-order valence-electron chi connectivity index (χ2n) is 5.16. The summed E-state index contributed by atoms with van der Waals surface area (Å²) >= 11 is 3.43. The van der Waals surface area contributed by atoms with Gasteiger partial charge < -0.3 is 9.30 Å². The molecule has 0 atom stereocenters. The smallest absolute Gasteiger partial charge is 0.190 e. The van der Waals surface area contributed by atoms with E-state index in [1.807, 2.05) is 24.3 Å². The van der Waals surface area contributed by atoms with Gasteiger partial charge in [0.25, 0.3) is 0 Å². The summed E-state index contributed by atoms with van der Waals surface area (Å²) in [6, 6.07) is 12.4. The highest BCUT2D eigenvalue weighted by Crippen LogP contribution is 2.28. The lowest BCUT2D eigenvalue weighted by atomic mass is 10.3. The van der Waals surface area contributed by atoms with Gasteiger partial charge in [0.15, 0.2) is 4.80 Å². The second kappa shape index (κ2) is 6.50. The van der Waals surface area contributed by atoms with Crippen LogP contribution in [-0.2, 0) is 0 Å². The molecule has 114 valence electrons. The summed E-state index contributed by atoms with van der Waals surface area (Å²) in [4.78, 5) is 7.09. The third-order valence-corrected chi connectivity index (χ3v) is 5.04. The first-order valence-electron chi connectivity index (χ1n) is 7.11. The molecule has 0 N–H and O–H groups in total. The molecule has 0 spiro atoms. The van der Waals surface area contributed by atoms with Crippen molar-refractivity contribution in [3.8, 4) is 16.3 Å². The fourth-order valence-electron chi connectivity index (χ4n) is 2.30. The predicted octanol–water partition coefficient (Wildman–Crippen LogP) is 5.10. The third-order valence-electron chi connectivity index (χ3n) is 3.31. The fraction of sp³-hybridized carbons (Fsp3) is 0.235. The van der Waals surface area contributed by atoms with E-state index in [0.717, 1.165) is 16.2 Å². The lowest BCUT2D eigenvalue weighted by Crippen LogP contribution is -2.17. The highest BCUT2D eigenvalue weighted by molar-refractivity contribution is 7.14. The van der Waals surface area contributed by atoms with E-state index in [4.69, 9.17) is 9.73 Å². The summed E-state index contributed by atoms with van der Waals surface area (Å²) in [5.41, 5.74) is 2.14. The van der Waals surface area contributed by atoms with E-state index in [1.54, 1.807) is 29.8 Å². The Morgan fingerprint density at radius 3 is 2.68 bits per heavy atom. The molecule has 22 heavy (non-hydrogen) atoms. The number of thiazole rings is 1. The highest BCUT2D eigenvalue weighted by Gasteiger charge is 2.11. The maximum atomic E-state index is 5.27. The number of benzene rings is 1. The molecule has 5 heteroatoms. The molecule has 0 amide bonds. The van der Waals surface area contributed by atoms with Crippen molar-refractivity contribution in [3.05, 3.63) is 52.0 Å². The molecule has 0 unspecified atom stereocenters. The molecule has 0 aliphatic rings. The van der Waals surface area contributed by atoms with E-state index in [0.29, 0.717) is 6.04 Å². The van der Waals surface area contributed by atoms with Gasteiger partial charge in [-0.2, -0.15) is 0 Å². The van der Waals surface area contributed by atoms with Crippen LogP contribution < -0.4 is 9.54 Å². The van der Waals surface area contributed by atoms with Gasteiger partial charge in [-0.3, -0.25) is 0 Å². The Kier molecular flexibility index (Phi) is 4.45.